The molecule has 1 aliphatic heterocycles. The number of anilines is 1. The van der Waals surface area contributed by atoms with Crippen molar-refractivity contribution < 1.29 is 4.74 Å². The van der Waals surface area contributed by atoms with Gasteiger partial charge in [-0.15, -0.1) is 0 Å². The molecule has 0 amide bonds. The van der Waals surface area contributed by atoms with E-state index < -0.39 is 0 Å². The third-order valence-corrected chi connectivity index (χ3v) is 3.12. The molecule has 0 spiro atoms. The maximum atomic E-state index is 5.91. The summed E-state index contributed by atoms with van der Waals surface area (Å²) in [6.45, 7) is 1.80. The normalized spacial score (nSPS) is 20.0. The van der Waals surface area contributed by atoms with Gasteiger partial charge in [0.15, 0.2) is 0 Å². The van der Waals surface area contributed by atoms with Crippen LogP contribution in [0.5, 0.6) is 0 Å². The standard InChI is InChI=1S/C12H15Cl2NO/c13-9-6-10(14)8-11(7-9)15-4-3-12-2-1-5-16-12/h6-8,12,15H,1-5H2. The van der Waals surface area contributed by atoms with Gasteiger partial charge < -0.3 is 10.1 Å². The van der Waals surface area contributed by atoms with Crippen molar-refractivity contribution in [3.63, 3.8) is 0 Å². The molecule has 1 aromatic carbocycles. The van der Waals surface area contributed by atoms with Crippen LogP contribution in [0, 0.1) is 0 Å². The SMILES string of the molecule is Clc1cc(Cl)cc(NCCC2CCCO2)c1. The molecule has 1 heterocycles. The average Bonchev–Trinajstić information content (AvgIpc) is 2.69. The molecule has 1 aliphatic rings. The Hall–Kier alpha value is -0.440. The second-order valence-corrected chi connectivity index (χ2v) is 4.88. The Morgan fingerprint density at radius 3 is 2.62 bits per heavy atom. The van der Waals surface area contributed by atoms with Gasteiger partial charge in [-0.1, -0.05) is 23.2 Å². The molecular formula is C12H15Cl2NO. The molecule has 0 aliphatic carbocycles. The van der Waals surface area contributed by atoms with Gasteiger partial charge in [0.05, 0.1) is 6.10 Å². The lowest BCUT2D eigenvalue weighted by Crippen LogP contribution is -2.12. The van der Waals surface area contributed by atoms with Crippen LogP contribution >= 0.6 is 23.2 Å². The first-order valence-corrected chi connectivity index (χ1v) is 6.31. The molecular weight excluding hydrogens is 245 g/mol. The predicted octanol–water partition coefficient (Wildman–Crippen LogP) is 3.97. The quantitative estimate of drug-likeness (QED) is 0.884. The van der Waals surface area contributed by atoms with Crippen molar-refractivity contribution in [2.24, 2.45) is 0 Å². The van der Waals surface area contributed by atoms with E-state index in [1.807, 2.05) is 12.1 Å². The monoisotopic (exact) mass is 259 g/mol. The molecule has 4 heteroatoms. The summed E-state index contributed by atoms with van der Waals surface area (Å²) >= 11 is 11.8. The largest absolute Gasteiger partial charge is 0.385 e. The first-order chi connectivity index (χ1) is 7.74. The first-order valence-electron chi connectivity index (χ1n) is 5.55. The van der Waals surface area contributed by atoms with E-state index in [1.165, 1.54) is 12.8 Å². The molecule has 1 N–H and O–H groups in total. The predicted molar refractivity (Wildman–Crippen MR) is 68.5 cm³/mol. The van der Waals surface area contributed by atoms with Crippen molar-refractivity contribution >= 4 is 28.9 Å². The maximum absolute atomic E-state index is 5.91. The lowest BCUT2D eigenvalue weighted by atomic mass is 10.2. The molecule has 16 heavy (non-hydrogen) atoms. The number of hydrogen-bond donors (Lipinski definition) is 1. The molecule has 1 saturated heterocycles. The summed E-state index contributed by atoms with van der Waals surface area (Å²) in [6.07, 6.45) is 3.82. The van der Waals surface area contributed by atoms with Gasteiger partial charge in [0.25, 0.3) is 0 Å². The summed E-state index contributed by atoms with van der Waals surface area (Å²) in [4.78, 5) is 0. The Morgan fingerprint density at radius 1 is 1.25 bits per heavy atom. The number of nitrogens with one attached hydrogen (secondary N) is 1. The number of rotatable bonds is 4. The highest BCUT2D eigenvalue weighted by Gasteiger charge is 2.14. The van der Waals surface area contributed by atoms with Crippen LogP contribution in [0.3, 0.4) is 0 Å². The third kappa shape index (κ3) is 3.55. The summed E-state index contributed by atoms with van der Waals surface area (Å²) in [5.41, 5.74) is 0.968. The van der Waals surface area contributed by atoms with Crippen molar-refractivity contribution in [2.45, 2.75) is 25.4 Å². The lowest BCUT2D eigenvalue weighted by molar-refractivity contribution is 0.107. The zero-order valence-corrected chi connectivity index (χ0v) is 10.5. The van der Waals surface area contributed by atoms with Crippen LogP contribution < -0.4 is 5.32 Å². The maximum Gasteiger partial charge on any atom is 0.0592 e. The summed E-state index contributed by atoms with van der Waals surface area (Å²) in [7, 11) is 0. The van der Waals surface area contributed by atoms with Crippen LogP contribution in [-0.2, 0) is 4.74 Å². The molecule has 0 saturated carbocycles. The zero-order chi connectivity index (χ0) is 11.4. The summed E-state index contributed by atoms with van der Waals surface area (Å²) in [5, 5.41) is 4.62. The van der Waals surface area contributed by atoms with Gasteiger partial charge >= 0.3 is 0 Å². The second kappa shape index (κ2) is 5.76. The van der Waals surface area contributed by atoms with E-state index in [1.54, 1.807) is 6.07 Å². The van der Waals surface area contributed by atoms with Gasteiger partial charge in [-0.3, -0.25) is 0 Å². The van der Waals surface area contributed by atoms with Gasteiger partial charge in [0.2, 0.25) is 0 Å². The Morgan fingerprint density at radius 2 is 2.00 bits per heavy atom. The summed E-state index contributed by atoms with van der Waals surface area (Å²) < 4.78 is 5.55. The van der Waals surface area contributed by atoms with E-state index in [2.05, 4.69) is 5.32 Å². The Labute approximate surface area is 106 Å². The Kier molecular flexibility index (Phi) is 4.33. The van der Waals surface area contributed by atoms with Crippen molar-refractivity contribution in [1.82, 2.24) is 0 Å². The lowest BCUT2D eigenvalue weighted by Gasteiger charge is -2.11. The molecule has 0 aromatic heterocycles. The molecule has 2 nitrogen and oxygen atoms in total. The third-order valence-electron chi connectivity index (χ3n) is 2.68. The van der Waals surface area contributed by atoms with Crippen molar-refractivity contribution in [1.29, 1.82) is 0 Å². The van der Waals surface area contributed by atoms with E-state index in [0.29, 0.717) is 16.1 Å². The van der Waals surface area contributed by atoms with Crippen LogP contribution in [0.4, 0.5) is 5.69 Å². The van der Waals surface area contributed by atoms with Gasteiger partial charge in [-0.05, 0) is 37.5 Å². The minimum Gasteiger partial charge on any atom is -0.385 e. The minimum absolute atomic E-state index is 0.419. The topological polar surface area (TPSA) is 21.3 Å². The van der Waals surface area contributed by atoms with Gasteiger partial charge in [-0.25, -0.2) is 0 Å². The molecule has 1 fully saturated rings. The highest BCUT2D eigenvalue weighted by Crippen LogP contribution is 2.23. The average molecular weight is 260 g/mol. The number of halogens is 2. The van der Waals surface area contributed by atoms with Crippen molar-refractivity contribution in [3.05, 3.63) is 28.2 Å². The van der Waals surface area contributed by atoms with Crippen molar-refractivity contribution in [3.8, 4) is 0 Å². The molecule has 0 bridgehead atoms. The van der Waals surface area contributed by atoms with Crippen molar-refractivity contribution in [2.75, 3.05) is 18.5 Å². The van der Waals surface area contributed by atoms with Crippen LogP contribution in [0.15, 0.2) is 18.2 Å². The van der Waals surface area contributed by atoms with Crippen LogP contribution in [-0.4, -0.2) is 19.3 Å². The molecule has 0 radical (unpaired) electrons. The number of benzene rings is 1. The van der Waals surface area contributed by atoms with Gasteiger partial charge in [-0.2, -0.15) is 0 Å². The summed E-state index contributed by atoms with van der Waals surface area (Å²) in [5.74, 6) is 0. The van der Waals surface area contributed by atoms with Gasteiger partial charge in [0, 0.05) is 28.9 Å². The highest BCUT2D eigenvalue weighted by molar-refractivity contribution is 6.35. The van der Waals surface area contributed by atoms with E-state index in [4.69, 9.17) is 27.9 Å². The van der Waals surface area contributed by atoms with Crippen LogP contribution in [0.1, 0.15) is 19.3 Å². The molecule has 1 unspecified atom stereocenters. The van der Waals surface area contributed by atoms with E-state index in [9.17, 15) is 0 Å². The smallest absolute Gasteiger partial charge is 0.0592 e. The van der Waals surface area contributed by atoms with E-state index >= 15 is 0 Å². The van der Waals surface area contributed by atoms with E-state index in [-0.39, 0.29) is 0 Å². The fraction of sp³-hybridized carbons (Fsp3) is 0.500. The molecule has 1 aromatic rings. The highest BCUT2D eigenvalue weighted by atomic mass is 35.5. The summed E-state index contributed by atoms with van der Waals surface area (Å²) in [6, 6.07) is 5.49. The van der Waals surface area contributed by atoms with E-state index in [0.717, 1.165) is 25.3 Å². The zero-order valence-electron chi connectivity index (χ0n) is 9.01. The fourth-order valence-corrected chi connectivity index (χ4v) is 2.43. The molecule has 2 rings (SSSR count). The van der Waals surface area contributed by atoms with Crippen LogP contribution in [0.25, 0.3) is 0 Å². The first kappa shape index (κ1) is 12.0. The second-order valence-electron chi connectivity index (χ2n) is 4.01. The van der Waals surface area contributed by atoms with Gasteiger partial charge in [0.1, 0.15) is 0 Å². The number of ether oxygens (including phenoxy) is 1. The molecule has 88 valence electrons. The Bertz CT molecular complexity index is 331. The Balaban J connectivity index is 1.80. The number of hydrogen-bond acceptors (Lipinski definition) is 2. The van der Waals surface area contributed by atoms with Crippen LogP contribution in [0.2, 0.25) is 10.0 Å². The molecule has 1 atom stereocenters. The minimum atomic E-state index is 0.419. The fourth-order valence-electron chi connectivity index (χ4n) is 1.91.